The number of aromatic amines is 1. The number of pyridine rings is 1. The Kier molecular flexibility index (Phi) is 4.72. The summed E-state index contributed by atoms with van der Waals surface area (Å²) in [5.74, 6) is -0.108. The number of carbonyl (C=O) groups is 2. The van der Waals surface area contributed by atoms with E-state index in [2.05, 4.69) is 4.98 Å². The predicted octanol–water partition coefficient (Wildman–Crippen LogP) is 2.31. The van der Waals surface area contributed by atoms with E-state index >= 15 is 0 Å². The summed E-state index contributed by atoms with van der Waals surface area (Å²) in [4.78, 5) is 44.5. The molecule has 2 aliphatic heterocycles. The molecule has 1 aromatic carbocycles. The maximum Gasteiger partial charge on any atom is 0.254 e. The first-order valence-corrected chi connectivity index (χ1v) is 9.75. The van der Waals surface area contributed by atoms with Gasteiger partial charge in [0.1, 0.15) is 0 Å². The number of carbonyl (C=O) groups excluding carboxylic acids is 2. The van der Waals surface area contributed by atoms with E-state index in [-0.39, 0.29) is 23.3 Å². The van der Waals surface area contributed by atoms with Gasteiger partial charge < -0.3 is 14.8 Å². The van der Waals surface area contributed by atoms with E-state index in [1.165, 1.54) is 6.07 Å². The molecule has 1 atom stereocenters. The van der Waals surface area contributed by atoms with Gasteiger partial charge in [0.05, 0.1) is 11.5 Å². The number of likely N-dealkylation sites (tertiary alicyclic amines) is 2. The molecule has 6 heteroatoms. The van der Waals surface area contributed by atoms with Gasteiger partial charge in [0.15, 0.2) is 0 Å². The minimum absolute atomic E-state index is 0.129. The zero-order valence-electron chi connectivity index (χ0n) is 15.7. The Morgan fingerprint density at radius 1 is 1.04 bits per heavy atom. The van der Waals surface area contributed by atoms with Gasteiger partial charge in [-0.3, -0.25) is 14.4 Å². The molecule has 27 heavy (non-hydrogen) atoms. The Bertz CT molecular complexity index is 943. The zero-order valence-corrected chi connectivity index (χ0v) is 15.7. The number of rotatable bonds is 2. The molecule has 4 rings (SSSR count). The van der Waals surface area contributed by atoms with Crippen LogP contribution in [0.4, 0.5) is 0 Å². The monoisotopic (exact) mass is 367 g/mol. The highest BCUT2D eigenvalue weighted by Crippen LogP contribution is 2.24. The van der Waals surface area contributed by atoms with Gasteiger partial charge in [0, 0.05) is 43.1 Å². The Labute approximate surface area is 158 Å². The van der Waals surface area contributed by atoms with Gasteiger partial charge >= 0.3 is 0 Å². The lowest BCUT2D eigenvalue weighted by molar-refractivity contribution is -0.135. The van der Waals surface area contributed by atoms with Gasteiger partial charge in [-0.15, -0.1) is 0 Å². The van der Waals surface area contributed by atoms with Crippen molar-refractivity contribution in [2.24, 2.45) is 5.92 Å². The number of amides is 2. The van der Waals surface area contributed by atoms with Crippen LogP contribution in [0.3, 0.4) is 0 Å². The van der Waals surface area contributed by atoms with E-state index in [0.29, 0.717) is 24.2 Å². The largest absolute Gasteiger partial charge is 0.342 e. The Hall–Kier alpha value is -2.63. The summed E-state index contributed by atoms with van der Waals surface area (Å²) in [6, 6.07) is 7.06. The summed E-state index contributed by atoms with van der Waals surface area (Å²) in [5, 5.41) is 0.757. The molecule has 2 aromatic rings. The fourth-order valence-electron chi connectivity index (χ4n) is 4.27. The number of fused-ring (bicyclic) bond motifs is 1. The summed E-state index contributed by atoms with van der Waals surface area (Å²) >= 11 is 0. The van der Waals surface area contributed by atoms with E-state index in [9.17, 15) is 14.4 Å². The van der Waals surface area contributed by atoms with E-state index < -0.39 is 0 Å². The molecule has 2 aliphatic rings. The molecule has 6 nitrogen and oxygen atoms in total. The number of hydrogen-bond donors (Lipinski definition) is 1. The van der Waals surface area contributed by atoms with Crippen molar-refractivity contribution in [2.75, 3.05) is 26.2 Å². The smallest absolute Gasteiger partial charge is 0.254 e. The van der Waals surface area contributed by atoms with Gasteiger partial charge in [-0.1, -0.05) is 11.6 Å². The molecule has 0 spiro atoms. The Morgan fingerprint density at radius 3 is 2.56 bits per heavy atom. The number of benzene rings is 1. The van der Waals surface area contributed by atoms with Gasteiger partial charge in [-0.05, 0) is 44.7 Å². The van der Waals surface area contributed by atoms with Crippen molar-refractivity contribution in [1.82, 2.24) is 14.8 Å². The molecular weight excluding hydrogens is 342 g/mol. The average Bonchev–Trinajstić information content (AvgIpc) is 3.21. The molecular formula is C21H25N3O3. The van der Waals surface area contributed by atoms with Crippen molar-refractivity contribution in [2.45, 2.75) is 32.6 Å². The number of hydrogen-bond acceptors (Lipinski definition) is 3. The number of aromatic nitrogens is 1. The van der Waals surface area contributed by atoms with Crippen molar-refractivity contribution in [3.8, 4) is 0 Å². The summed E-state index contributed by atoms with van der Waals surface area (Å²) in [6.07, 6.45) is 3.78. The standard InChI is InChI=1S/C21H25N3O3/c1-14-6-7-18-16(11-14)17(12-19(25)22-18)21(27)24-10-4-5-15(13-24)20(26)23-8-2-3-9-23/h6-7,11-12,15H,2-5,8-10,13H2,1H3,(H,22,25). The molecule has 0 saturated carbocycles. The highest BCUT2D eigenvalue weighted by Gasteiger charge is 2.33. The first-order valence-electron chi connectivity index (χ1n) is 9.75. The Balaban J connectivity index is 1.61. The fourth-order valence-corrected chi connectivity index (χ4v) is 4.27. The van der Waals surface area contributed by atoms with Crippen LogP contribution in [0.5, 0.6) is 0 Å². The number of H-pyrrole nitrogens is 1. The topological polar surface area (TPSA) is 73.5 Å². The third-order valence-corrected chi connectivity index (χ3v) is 5.70. The minimum atomic E-state index is -0.281. The van der Waals surface area contributed by atoms with Crippen LogP contribution in [-0.4, -0.2) is 52.8 Å². The van der Waals surface area contributed by atoms with Crippen LogP contribution in [0.1, 0.15) is 41.6 Å². The quantitative estimate of drug-likeness (QED) is 0.885. The summed E-state index contributed by atoms with van der Waals surface area (Å²) in [6.45, 7) is 4.70. The third-order valence-electron chi connectivity index (χ3n) is 5.70. The van der Waals surface area contributed by atoms with Gasteiger partial charge in [0.25, 0.3) is 5.91 Å². The molecule has 0 radical (unpaired) electrons. The van der Waals surface area contributed by atoms with Crippen molar-refractivity contribution in [3.05, 3.63) is 45.7 Å². The maximum absolute atomic E-state index is 13.2. The molecule has 1 N–H and O–H groups in total. The first kappa shape index (κ1) is 17.8. The minimum Gasteiger partial charge on any atom is -0.342 e. The van der Waals surface area contributed by atoms with Crippen LogP contribution in [0, 0.1) is 12.8 Å². The molecule has 0 bridgehead atoms. The summed E-state index contributed by atoms with van der Waals surface area (Å²) < 4.78 is 0. The van der Waals surface area contributed by atoms with Gasteiger partial charge in [-0.2, -0.15) is 0 Å². The fraction of sp³-hybridized carbons (Fsp3) is 0.476. The number of aryl methyl sites for hydroxylation is 1. The zero-order chi connectivity index (χ0) is 19.0. The van der Waals surface area contributed by atoms with Crippen LogP contribution in [-0.2, 0) is 4.79 Å². The highest BCUT2D eigenvalue weighted by atomic mass is 16.2. The normalized spacial score (nSPS) is 20.3. The van der Waals surface area contributed by atoms with Crippen molar-refractivity contribution >= 4 is 22.7 Å². The van der Waals surface area contributed by atoms with Crippen molar-refractivity contribution in [3.63, 3.8) is 0 Å². The second kappa shape index (κ2) is 7.18. The molecule has 2 fully saturated rings. The molecule has 2 saturated heterocycles. The van der Waals surface area contributed by atoms with Gasteiger partial charge in [-0.25, -0.2) is 0 Å². The van der Waals surface area contributed by atoms with E-state index in [0.717, 1.165) is 49.7 Å². The van der Waals surface area contributed by atoms with E-state index in [4.69, 9.17) is 0 Å². The number of piperidine rings is 1. The van der Waals surface area contributed by atoms with Crippen LogP contribution < -0.4 is 5.56 Å². The third kappa shape index (κ3) is 3.48. The summed E-state index contributed by atoms with van der Waals surface area (Å²) in [5.41, 5.74) is 1.84. The summed E-state index contributed by atoms with van der Waals surface area (Å²) in [7, 11) is 0. The SMILES string of the molecule is Cc1ccc2[nH]c(=O)cc(C(=O)N3CCCC(C(=O)N4CCCC4)C3)c2c1. The van der Waals surface area contributed by atoms with Gasteiger partial charge in [0.2, 0.25) is 11.5 Å². The lowest BCUT2D eigenvalue weighted by Gasteiger charge is -2.34. The number of nitrogens with zero attached hydrogens (tertiary/aromatic N) is 2. The van der Waals surface area contributed by atoms with Crippen LogP contribution in [0.2, 0.25) is 0 Å². The highest BCUT2D eigenvalue weighted by molar-refractivity contribution is 6.06. The molecule has 1 aromatic heterocycles. The Morgan fingerprint density at radius 2 is 1.78 bits per heavy atom. The molecule has 2 amide bonds. The van der Waals surface area contributed by atoms with Crippen LogP contribution in [0.25, 0.3) is 10.9 Å². The average molecular weight is 367 g/mol. The predicted molar refractivity (Wildman–Crippen MR) is 104 cm³/mol. The van der Waals surface area contributed by atoms with Crippen LogP contribution >= 0.6 is 0 Å². The molecule has 1 unspecified atom stereocenters. The number of nitrogens with one attached hydrogen (secondary N) is 1. The van der Waals surface area contributed by atoms with Crippen LogP contribution in [0.15, 0.2) is 29.1 Å². The molecule has 3 heterocycles. The van der Waals surface area contributed by atoms with E-state index in [1.807, 2.05) is 30.0 Å². The van der Waals surface area contributed by atoms with Crippen molar-refractivity contribution in [1.29, 1.82) is 0 Å². The second-order valence-electron chi connectivity index (χ2n) is 7.72. The van der Waals surface area contributed by atoms with Crippen molar-refractivity contribution < 1.29 is 9.59 Å². The maximum atomic E-state index is 13.2. The lowest BCUT2D eigenvalue weighted by atomic mass is 9.95. The lowest BCUT2D eigenvalue weighted by Crippen LogP contribution is -2.46. The molecule has 0 aliphatic carbocycles. The molecule has 142 valence electrons. The van der Waals surface area contributed by atoms with E-state index in [1.54, 1.807) is 4.90 Å². The second-order valence-corrected chi connectivity index (χ2v) is 7.72. The first-order chi connectivity index (χ1) is 13.0.